The predicted molar refractivity (Wildman–Crippen MR) is 193 cm³/mol. The van der Waals surface area contributed by atoms with Crippen molar-refractivity contribution in [2.75, 3.05) is 63.4 Å². The maximum Gasteiger partial charge on any atom is 0.258 e. The summed E-state index contributed by atoms with van der Waals surface area (Å²) in [6.45, 7) is 8.18. The zero-order valence-electron chi connectivity index (χ0n) is 29.3. The first-order valence-corrected chi connectivity index (χ1v) is 16.9. The average Bonchev–Trinajstić information content (AvgIpc) is 3.06. The molecule has 4 N–H and O–H groups in total. The van der Waals surface area contributed by atoms with E-state index in [1.165, 1.54) is 0 Å². The molecular formula is C38H53N5O5. The number of aliphatic hydroxyl groups is 1. The van der Waals surface area contributed by atoms with Crippen LogP contribution in [0.25, 0.3) is 0 Å². The average molecular weight is 660 g/mol. The van der Waals surface area contributed by atoms with E-state index in [9.17, 15) is 14.7 Å². The lowest BCUT2D eigenvalue weighted by molar-refractivity contribution is -0.0177. The van der Waals surface area contributed by atoms with E-state index in [0.29, 0.717) is 54.5 Å². The lowest BCUT2D eigenvalue weighted by atomic mass is 10.0. The van der Waals surface area contributed by atoms with Crippen LogP contribution in [0.4, 0.5) is 17.1 Å². The van der Waals surface area contributed by atoms with Crippen LogP contribution in [0, 0.1) is 5.92 Å². The van der Waals surface area contributed by atoms with Crippen molar-refractivity contribution in [1.82, 2.24) is 9.80 Å². The second-order valence-electron chi connectivity index (χ2n) is 13.3. The molecule has 0 saturated heterocycles. The van der Waals surface area contributed by atoms with Crippen molar-refractivity contribution in [3.8, 4) is 5.75 Å². The Labute approximate surface area is 285 Å². The molecule has 1 aliphatic heterocycles. The zero-order valence-corrected chi connectivity index (χ0v) is 29.3. The van der Waals surface area contributed by atoms with Gasteiger partial charge in [-0.1, -0.05) is 31.2 Å². The van der Waals surface area contributed by atoms with E-state index in [2.05, 4.69) is 24.2 Å². The number of nitrogens with one attached hydrogen (secondary N) is 1. The van der Waals surface area contributed by atoms with Crippen LogP contribution < -0.4 is 20.7 Å². The Morgan fingerprint density at radius 1 is 1.06 bits per heavy atom. The quantitative estimate of drug-likeness (QED) is 0.257. The van der Waals surface area contributed by atoms with Gasteiger partial charge in [-0.3, -0.25) is 14.5 Å². The number of nitrogen functional groups attached to an aromatic ring is 1. The van der Waals surface area contributed by atoms with Crippen molar-refractivity contribution in [2.24, 2.45) is 5.92 Å². The van der Waals surface area contributed by atoms with Crippen molar-refractivity contribution < 1.29 is 24.2 Å². The summed E-state index contributed by atoms with van der Waals surface area (Å²) in [5, 5.41) is 13.1. The Kier molecular flexibility index (Phi) is 13.3. The Balaban J connectivity index is 1.49. The number of para-hydroxylation sites is 2. The van der Waals surface area contributed by atoms with Gasteiger partial charge in [0.15, 0.2) is 0 Å². The molecular weight excluding hydrogens is 606 g/mol. The number of nitrogens with zero attached hydrogens (tertiary/aromatic N) is 3. The van der Waals surface area contributed by atoms with Gasteiger partial charge in [-0.05, 0) is 88.2 Å². The molecule has 0 bridgehead atoms. The number of benzene rings is 3. The fourth-order valence-electron chi connectivity index (χ4n) is 5.90. The van der Waals surface area contributed by atoms with E-state index in [-0.39, 0.29) is 36.5 Å². The molecule has 0 spiro atoms. The third kappa shape index (κ3) is 9.95. The van der Waals surface area contributed by atoms with Gasteiger partial charge in [-0.2, -0.15) is 0 Å². The van der Waals surface area contributed by atoms with Crippen LogP contribution in [0.15, 0.2) is 66.7 Å². The smallest absolute Gasteiger partial charge is 0.258 e. The Morgan fingerprint density at radius 3 is 2.48 bits per heavy atom. The molecule has 2 amide bonds. The minimum absolute atomic E-state index is 0.0230. The molecule has 0 fully saturated rings. The minimum Gasteiger partial charge on any atom is -0.490 e. The summed E-state index contributed by atoms with van der Waals surface area (Å²) in [5.41, 5.74) is 10.1. The first-order valence-electron chi connectivity index (χ1n) is 16.9. The second-order valence-corrected chi connectivity index (χ2v) is 13.3. The van der Waals surface area contributed by atoms with Crippen LogP contribution in [0.3, 0.4) is 0 Å². The Morgan fingerprint density at radius 2 is 1.79 bits per heavy atom. The molecule has 3 aromatic rings. The van der Waals surface area contributed by atoms with Crippen molar-refractivity contribution in [1.29, 1.82) is 0 Å². The highest BCUT2D eigenvalue weighted by molar-refractivity contribution is 6.05. The lowest BCUT2D eigenvalue weighted by Gasteiger charge is -2.36. The van der Waals surface area contributed by atoms with E-state index < -0.39 is 6.04 Å². The number of fused-ring (bicyclic) bond motifs is 1. The third-order valence-corrected chi connectivity index (χ3v) is 8.92. The number of amides is 2. The molecule has 10 heteroatoms. The first-order chi connectivity index (χ1) is 23.0. The molecule has 0 unspecified atom stereocenters. The number of nitrogens with two attached hydrogens (primary N) is 1. The number of anilines is 3. The van der Waals surface area contributed by atoms with Gasteiger partial charge in [-0.15, -0.1) is 0 Å². The molecule has 48 heavy (non-hydrogen) atoms. The standard InChI is InChI=1S/C38H53N5O5/c1-26-22-43(27(2)25-44)38(46)32-21-31(41(4)5)18-19-35(32)48-28(3)11-9-10-20-47-36(26)24-42(6)23-29-14-16-30(17-15-29)37(45)40-34-13-8-7-12-33(34)39/h7-8,12-19,21,26-28,36,44H,9-11,20,22-25,39H2,1-6H3,(H,40,45)/t26-,27+,28-,36-/m1/s1. The van der Waals surface area contributed by atoms with E-state index >= 15 is 0 Å². The first kappa shape index (κ1) is 36.7. The Hall–Kier alpha value is -4.12. The highest BCUT2D eigenvalue weighted by atomic mass is 16.5. The summed E-state index contributed by atoms with van der Waals surface area (Å²) in [5.74, 6) is 0.161. The minimum atomic E-state index is -0.395. The Bertz CT molecular complexity index is 1500. The molecule has 0 radical (unpaired) electrons. The van der Waals surface area contributed by atoms with E-state index in [0.717, 1.165) is 30.5 Å². The maximum absolute atomic E-state index is 14.2. The number of ether oxygens (including phenoxy) is 2. The van der Waals surface area contributed by atoms with Gasteiger partial charge in [0, 0.05) is 57.5 Å². The van der Waals surface area contributed by atoms with E-state index in [4.69, 9.17) is 15.2 Å². The van der Waals surface area contributed by atoms with Crippen LogP contribution in [0.1, 0.15) is 66.3 Å². The summed E-state index contributed by atoms with van der Waals surface area (Å²) in [6, 6.07) is 20.1. The molecule has 1 heterocycles. The molecule has 3 aromatic carbocycles. The van der Waals surface area contributed by atoms with Crippen molar-refractivity contribution in [3.05, 3.63) is 83.4 Å². The van der Waals surface area contributed by atoms with Gasteiger partial charge in [-0.25, -0.2) is 0 Å². The third-order valence-electron chi connectivity index (χ3n) is 8.92. The van der Waals surface area contributed by atoms with Crippen molar-refractivity contribution in [2.45, 2.75) is 64.8 Å². The zero-order chi connectivity index (χ0) is 34.8. The van der Waals surface area contributed by atoms with Gasteiger partial charge in [0.25, 0.3) is 11.8 Å². The molecule has 0 aromatic heterocycles. The van der Waals surface area contributed by atoms with Gasteiger partial charge in [0.2, 0.25) is 0 Å². The van der Waals surface area contributed by atoms with E-state index in [1.807, 2.05) is 87.4 Å². The summed E-state index contributed by atoms with van der Waals surface area (Å²) in [7, 11) is 5.94. The topological polar surface area (TPSA) is 121 Å². The monoisotopic (exact) mass is 659 g/mol. The predicted octanol–water partition coefficient (Wildman–Crippen LogP) is 5.51. The normalized spacial score (nSPS) is 20.0. The van der Waals surface area contributed by atoms with Crippen LogP contribution >= 0.6 is 0 Å². The molecule has 10 nitrogen and oxygen atoms in total. The highest BCUT2D eigenvalue weighted by Crippen LogP contribution is 2.29. The van der Waals surface area contributed by atoms with Crippen molar-refractivity contribution in [3.63, 3.8) is 0 Å². The van der Waals surface area contributed by atoms with Crippen LogP contribution in [-0.2, 0) is 11.3 Å². The number of hydrogen-bond donors (Lipinski definition) is 3. The highest BCUT2D eigenvalue weighted by Gasteiger charge is 2.30. The summed E-state index contributed by atoms with van der Waals surface area (Å²) < 4.78 is 12.8. The van der Waals surface area contributed by atoms with Crippen molar-refractivity contribution >= 4 is 28.9 Å². The number of likely N-dealkylation sites (N-methyl/N-ethyl adjacent to an activating group) is 1. The van der Waals surface area contributed by atoms with E-state index in [1.54, 1.807) is 17.0 Å². The number of carbonyl (C=O) groups excluding carboxylic acids is 2. The van der Waals surface area contributed by atoms with Crippen LogP contribution in [-0.4, -0.2) is 92.4 Å². The number of aliphatic hydroxyl groups excluding tert-OH is 1. The van der Waals surface area contributed by atoms with Gasteiger partial charge >= 0.3 is 0 Å². The SMILES string of the molecule is C[C@@H]1CCCCO[C@H](CN(C)Cc2ccc(C(=O)Nc3ccccc3N)cc2)[C@H](C)CN([C@@H](C)CO)C(=O)c2cc(N(C)C)ccc2O1. The summed E-state index contributed by atoms with van der Waals surface area (Å²) in [4.78, 5) is 33.0. The number of rotatable bonds is 9. The van der Waals surface area contributed by atoms with Crippen LogP contribution in [0.2, 0.25) is 0 Å². The van der Waals surface area contributed by atoms with Gasteiger partial charge in [0.05, 0.1) is 41.8 Å². The largest absolute Gasteiger partial charge is 0.490 e. The van der Waals surface area contributed by atoms with Crippen LogP contribution in [0.5, 0.6) is 5.75 Å². The van der Waals surface area contributed by atoms with Gasteiger partial charge < -0.3 is 35.4 Å². The molecule has 0 saturated carbocycles. The fourth-order valence-corrected chi connectivity index (χ4v) is 5.90. The molecule has 1 aliphatic rings. The van der Waals surface area contributed by atoms with Gasteiger partial charge in [0.1, 0.15) is 5.75 Å². The maximum atomic E-state index is 14.2. The molecule has 0 aliphatic carbocycles. The molecule has 260 valence electrons. The lowest BCUT2D eigenvalue weighted by Crippen LogP contribution is -2.47. The molecule has 4 rings (SSSR count). The number of hydrogen-bond acceptors (Lipinski definition) is 8. The summed E-state index contributed by atoms with van der Waals surface area (Å²) in [6.07, 6.45) is 2.48. The second kappa shape index (κ2) is 17.3. The summed E-state index contributed by atoms with van der Waals surface area (Å²) >= 11 is 0. The number of carbonyl (C=O) groups is 2. The fraction of sp³-hybridized carbons (Fsp3) is 0.474. The molecule has 4 atom stereocenters.